The first-order valence-electron chi connectivity index (χ1n) is 8.50. The molecule has 0 unspecified atom stereocenters. The Hall–Kier alpha value is -3.71. The maximum Gasteiger partial charge on any atom is 0.270 e. The second-order valence-corrected chi connectivity index (χ2v) is 6.13. The van der Waals surface area contributed by atoms with Gasteiger partial charge in [-0.05, 0) is 42.3 Å². The van der Waals surface area contributed by atoms with Gasteiger partial charge in [0.2, 0.25) is 5.91 Å². The summed E-state index contributed by atoms with van der Waals surface area (Å²) in [7, 11) is 0. The summed E-state index contributed by atoms with van der Waals surface area (Å²) in [6, 6.07) is 15.0. The number of hydrogen-bond donors (Lipinski definition) is 2. The minimum Gasteiger partial charge on any atom is -0.459 e. The van der Waals surface area contributed by atoms with E-state index in [0.717, 1.165) is 11.1 Å². The predicted octanol–water partition coefficient (Wildman–Crippen LogP) is 4.31. The highest BCUT2D eigenvalue weighted by atomic mass is 16.6. The first kappa shape index (κ1) is 19.1. The van der Waals surface area contributed by atoms with Crippen LogP contribution in [0.3, 0.4) is 0 Å². The zero-order chi connectivity index (χ0) is 20.1. The van der Waals surface area contributed by atoms with Crippen LogP contribution in [-0.4, -0.2) is 15.9 Å². The van der Waals surface area contributed by atoms with Crippen molar-refractivity contribution in [2.45, 2.75) is 13.5 Å². The average Bonchev–Trinajstić information content (AvgIpc) is 3.17. The van der Waals surface area contributed by atoms with E-state index in [4.69, 9.17) is 9.52 Å². The molecular formula is C21H18N2O5. The maximum absolute atomic E-state index is 12.3. The van der Waals surface area contributed by atoms with Gasteiger partial charge in [-0.25, -0.2) is 0 Å². The number of aliphatic hydroxyl groups excluding tert-OH is 1. The van der Waals surface area contributed by atoms with Gasteiger partial charge < -0.3 is 14.8 Å². The molecule has 0 saturated carbocycles. The van der Waals surface area contributed by atoms with Crippen LogP contribution in [-0.2, 0) is 11.4 Å². The van der Waals surface area contributed by atoms with Gasteiger partial charge in [-0.3, -0.25) is 14.9 Å². The van der Waals surface area contributed by atoms with Crippen molar-refractivity contribution >= 4 is 23.4 Å². The lowest BCUT2D eigenvalue weighted by Crippen LogP contribution is -2.09. The Morgan fingerprint density at radius 2 is 2.04 bits per heavy atom. The number of nitro groups is 1. The van der Waals surface area contributed by atoms with E-state index in [1.807, 2.05) is 19.1 Å². The molecule has 1 amide bonds. The van der Waals surface area contributed by atoms with Crippen LogP contribution in [0.15, 0.2) is 65.1 Å². The predicted molar refractivity (Wildman–Crippen MR) is 106 cm³/mol. The van der Waals surface area contributed by atoms with Gasteiger partial charge in [0.25, 0.3) is 5.69 Å². The molecule has 0 aliphatic carbocycles. The van der Waals surface area contributed by atoms with Gasteiger partial charge in [-0.2, -0.15) is 0 Å². The monoisotopic (exact) mass is 378 g/mol. The molecule has 0 radical (unpaired) electrons. The summed E-state index contributed by atoms with van der Waals surface area (Å²) >= 11 is 0. The molecular weight excluding hydrogens is 360 g/mol. The van der Waals surface area contributed by atoms with Crippen molar-refractivity contribution in [3.63, 3.8) is 0 Å². The quantitative estimate of drug-likeness (QED) is 0.378. The van der Waals surface area contributed by atoms with Crippen molar-refractivity contribution in [1.82, 2.24) is 0 Å². The SMILES string of the molecule is Cc1ccc(-c2ccc(CO)o2)cc1NC(=O)/C=C/c1cccc([N+](=O)[O-])c1. The summed E-state index contributed by atoms with van der Waals surface area (Å²) in [5, 5.41) is 22.7. The Morgan fingerprint density at radius 3 is 2.75 bits per heavy atom. The van der Waals surface area contributed by atoms with Crippen LogP contribution in [0.5, 0.6) is 0 Å². The number of hydrogen-bond acceptors (Lipinski definition) is 5. The van der Waals surface area contributed by atoms with E-state index < -0.39 is 4.92 Å². The summed E-state index contributed by atoms with van der Waals surface area (Å²) < 4.78 is 5.52. The average molecular weight is 378 g/mol. The van der Waals surface area contributed by atoms with Crippen molar-refractivity contribution in [3.8, 4) is 11.3 Å². The number of nitrogens with zero attached hydrogens (tertiary/aromatic N) is 1. The van der Waals surface area contributed by atoms with Gasteiger partial charge >= 0.3 is 0 Å². The normalized spacial score (nSPS) is 10.9. The van der Waals surface area contributed by atoms with Crippen LogP contribution >= 0.6 is 0 Å². The van der Waals surface area contributed by atoms with E-state index in [0.29, 0.717) is 22.8 Å². The fraction of sp³-hybridized carbons (Fsp3) is 0.0952. The zero-order valence-corrected chi connectivity index (χ0v) is 15.1. The largest absolute Gasteiger partial charge is 0.459 e. The van der Waals surface area contributed by atoms with Gasteiger partial charge in [0.1, 0.15) is 18.1 Å². The number of amides is 1. The van der Waals surface area contributed by atoms with Crippen LogP contribution in [0.4, 0.5) is 11.4 Å². The molecule has 142 valence electrons. The number of non-ortho nitro benzene ring substituents is 1. The van der Waals surface area contributed by atoms with Crippen molar-refractivity contribution in [3.05, 3.63) is 87.7 Å². The summed E-state index contributed by atoms with van der Waals surface area (Å²) in [6.45, 7) is 1.68. The third-order valence-electron chi connectivity index (χ3n) is 4.11. The van der Waals surface area contributed by atoms with Crippen molar-refractivity contribution in [2.75, 3.05) is 5.32 Å². The van der Waals surface area contributed by atoms with Crippen LogP contribution < -0.4 is 5.32 Å². The number of aryl methyl sites for hydroxylation is 1. The summed E-state index contributed by atoms with van der Waals surface area (Å²) in [4.78, 5) is 22.6. The molecule has 28 heavy (non-hydrogen) atoms. The van der Waals surface area contributed by atoms with Crippen LogP contribution in [0.1, 0.15) is 16.9 Å². The highest BCUT2D eigenvalue weighted by Crippen LogP contribution is 2.27. The molecule has 0 spiro atoms. The van der Waals surface area contributed by atoms with E-state index in [9.17, 15) is 14.9 Å². The number of carbonyl (C=O) groups excluding carboxylic acids is 1. The highest BCUT2D eigenvalue weighted by molar-refractivity contribution is 6.02. The Balaban J connectivity index is 1.75. The maximum atomic E-state index is 12.3. The van der Waals surface area contributed by atoms with Crippen LogP contribution in [0.2, 0.25) is 0 Å². The van der Waals surface area contributed by atoms with Crippen LogP contribution in [0.25, 0.3) is 17.4 Å². The van der Waals surface area contributed by atoms with Gasteiger partial charge in [0.15, 0.2) is 0 Å². The van der Waals surface area contributed by atoms with Gasteiger partial charge in [-0.15, -0.1) is 0 Å². The first-order valence-corrected chi connectivity index (χ1v) is 8.50. The molecule has 2 N–H and O–H groups in total. The van der Waals surface area contributed by atoms with Gasteiger partial charge in [0.05, 0.1) is 4.92 Å². The van der Waals surface area contributed by atoms with E-state index in [1.54, 1.807) is 30.3 Å². The van der Waals surface area contributed by atoms with E-state index in [2.05, 4.69) is 5.32 Å². The topological polar surface area (TPSA) is 106 Å². The van der Waals surface area contributed by atoms with E-state index in [-0.39, 0.29) is 18.2 Å². The first-order chi connectivity index (χ1) is 13.5. The highest BCUT2D eigenvalue weighted by Gasteiger charge is 2.09. The lowest BCUT2D eigenvalue weighted by atomic mass is 10.1. The summed E-state index contributed by atoms with van der Waals surface area (Å²) in [5.41, 5.74) is 2.78. The molecule has 7 nitrogen and oxygen atoms in total. The number of aliphatic hydroxyl groups is 1. The molecule has 3 aromatic rings. The van der Waals surface area contributed by atoms with Crippen molar-refractivity contribution < 1.29 is 19.2 Å². The molecule has 0 aliphatic rings. The molecule has 2 aromatic carbocycles. The Labute approximate surface area is 161 Å². The second-order valence-electron chi connectivity index (χ2n) is 6.13. The van der Waals surface area contributed by atoms with Gasteiger partial charge in [0, 0.05) is 29.5 Å². The molecule has 3 rings (SSSR count). The lowest BCUT2D eigenvalue weighted by molar-refractivity contribution is -0.384. The molecule has 1 aromatic heterocycles. The molecule has 0 saturated heterocycles. The standard InChI is InChI=1S/C21H18N2O5/c1-14-5-7-16(20-9-8-18(13-24)28-20)12-19(14)22-21(25)10-6-15-3-2-4-17(11-15)23(26)27/h2-12,24H,13H2,1H3,(H,22,25)/b10-6+. The number of benzene rings is 2. The molecule has 1 heterocycles. The minimum atomic E-state index is -0.483. The third kappa shape index (κ3) is 4.52. The molecule has 7 heteroatoms. The Bertz CT molecular complexity index is 1050. The van der Waals surface area contributed by atoms with E-state index in [1.165, 1.54) is 24.3 Å². The molecule has 0 bridgehead atoms. The van der Waals surface area contributed by atoms with Crippen molar-refractivity contribution in [1.29, 1.82) is 0 Å². The minimum absolute atomic E-state index is 0.0354. The van der Waals surface area contributed by atoms with Gasteiger partial charge in [-0.1, -0.05) is 24.3 Å². The zero-order valence-electron chi connectivity index (χ0n) is 15.1. The fourth-order valence-corrected chi connectivity index (χ4v) is 2.62. The summed E-state index contributed by atoms with van der Waals surface area (Å²) in [5.74, 6) is 0.690. The smallest absolute Gasteiger partial charge is 0.270 e. The Kier molecular flexibility index (Phi) is 5.67. The number of anilines is 1. The third-order valence-corrected chi connectivity index (χ3v) is 4.11. The number of nitro benzene ring substituents is 1. The number of rotatable bonds is 6. The van der Waals surface area contributed by atoms with Crippen molar-refractivity contribution in [2.24, 2.45) is 0 Å². The van der Waals surface area contributed by atoms with E-state index >= 15 is 0 Å². The fourth-order valence-electron chi connectivity index (χ4n) is 2.62. The Morgan fingerprint density at radius 1 is 1.21 bits per heavy atom. The van der Waals surface area contributed by atoms with Crippen LogP contribution in [0, 0.1) is 17.0 Å². The lowest BCUT2D eigenvalue weighted by Gasteiger charge is -2.08. The number of furan rings is 1. The second kappa shape index (κ2) is 8.32. The molecule has 0 atom stereocenters. The summed E-state index contributed by atoms with van der Waals surface area (Å²) in [6.07, 6.45) is 2.84. The molecule has 0 aliphatic heterocycles. The molecule has 0 fully saturated rings. The number of carbonyl (C=O) groups is 1. The number of nitrogens with one attached hydrogen (secondary N) is 1.